The van der Waals surface area contributed by atoms with E-state index in [1.165, 1.54) is 17.7 Å². The molecule has 3 aromatic carbocycles. The van der Waals surface area contributed by atoms with Gasteiger partial charge in [0.25, 0.3) is 5.69 Å². The van der Waals surface area contributed by atoms with Gasteiger partial charge in [-0.1, -0.05) is 57.0 Å². The van der Waals surface area contributed by atoms with Crippen molar-refractivity contribution in [3.05, 3.63) is 109 Å². The van der Waals surface area contributed by atoms with Crippen LogP contribution in [0.2, 0.25) is 5.02 Å². The van der Waals surface area contributed by atoms with Crippen LogP contribution in [0.25, 0.3) is 0 Å². The van der Waals surface area contributed by atoms with Gasteiger partial charge >= 0.3 is 0 Å². The highest BCUT2D eigenvalue weighted by molar-refractivity contribution is 9.10. The molecule has 1 aliphatic rings. The number of nitro benzene ring substituents is 1. The van der Waals surface area contributed by atoms with Crippen molar-refractivity contribution >= 4 is 38.9 Å². The van der Waals surface area contributed by atoms with Gasteiger partial charge in [-0.2, -0.15) is 0 Å². The molecule has 0 radical (unpaired) electrons. The summed E-state index contributed by atoms with van der Waals surface area (Å²) < 4.78 is 1.00. The number of non-ortho nitro benzene ring substituents is 1. The molecule has 7 heteroatoms. The van der Waals surface area contributed by atoms with Crippen molar-refractivity contribution < 1.29 is 9.76 Å². The third-order valence-electron chi connectivity index (χ3n) is 5.12. The van der Waals surface area contributed by atoms with Crippen LogP contribution in [0.5, 0.6) is 0 Å². The van der Waals surface area contributed by atoms with E-state index in [0.29, 0.717) is 5.92 Å². The van der Waals surface area contributed by atoms with E-state index in [0.717, 1.165) is 32.8 Å². The second kappa shape index (κ2) is 8.98. The highest BCUT2D eigenvalue weighted by Crippen LogP contribution is 2.49. The predicted octanol–water partition coefficient (Wildman–Crippen LogP) is 6.74. The zero-order valence-corrected chi connectivity index (χ0v) is 18.2. The Labute approximate surface area is 187 Å². The summed E-state index contributed by atoms with van der Waals surface area (Å²) in [5.74, 6) is 0.650. The molecule has 1 aliphatic carbocycles. The second-order valence-corrected chi connectivity index (χ2v) is 8.53. The summed E-state index contributed by atoms with van der Waals surface area (Å²) in [6.45, 7) is 0.246. The van der Waals surface area contributed by atoms with E-state index >= 15 is 0 Å². The molecule has 1 saturated carbocycles. The number of halogens is 2. The Morgan fingerprint density at radius 3 is 2.37 bits per heavy atom. The first-order valence-electron chi connectivity index (χ1n) is 9.46. The third-order valence-corrected chi connectivity index (χ3v) is 5.90. The molecular formula is C23H18BrClN2O3. The standard InChI is InChI=1S/C23H18BrClN2O3/c24-18-7-3-17(4-8-18)23(22-13-21(22)16-5-9-19(25)10-6-16)26-30-14-15-1-11-20(12-2-15)27(28)29/h1-12,21-22H,13-14H2/b26-23+. The molecule has 1 fully saturated rings. The van der Waals surface area contributed by atoms with Gasteiger partial charge in [0.2, 0.25) is 0 Å². The largest absolute Gasteiger partial charge is 0.391 e. The molecule has 5 nitrogen and oxygen atoms in total. The summed E-state index contributed by atoms with van der Waals surface area (Å²) in [4.78, 5) is 16.0. The van der Waals surface area contributed by atoms with Crippen molar-refractivity contribution in [1.29, 1.82) is 0 Å². The first kappa shape index (κ1) is 20.6. The van der Waals surface area contributed by atoms with E-state index in [-0.39, 0.29) is 18.2 Å². The highest BCUT2D eigenvalue weighted by atomic mass is 79.9. The summed E-state index contributed by atoms with van der Waals surface area (Å²) in [5, 5.41) is 16.0. The SMILES string of the molecule is O=[N+]([O-])c1ccc(CO/N=C(\c2ccc(Br)cc2)C2CC2c2ccc(Cl)cc2)cc1. The monoisotopic (exact) mass is 484 g/mol. The van der Waals surface area contributed by atoms with E-state index < -0.39 is 4.92 Å². The van der Waals surface area contributed by atoms with Gasteiger partial charge in [-0.25, -0.2) is 0 Å². The average Bonchev–Trinajstić information content (AvgIpc) is 3.53. The van der Waals surface area contributed by atoms with Gasteiger partial charge in [0.15, 0.2) is 0 Å². The quantitative estimate of drug-likeness (QED) is 0.211. The van der Waals surface area contributed by atoms with Crippen molar-refractivity contribution in [2.45, 2.75) is 18.9 Å². The topological polar surface area (TPSA) is 64.7 Å². The molecule has 4 rings (SSSR count). The van der Waals surface area contributed by atoms with Crippen LogP contribution in [-0.4, -0.2) is 10.6 Å². The Bertz CT molecular complexity index is 1070. The van der Waals surface area contributed by atoms with Crippen molar-refractivity contribution in [2.24, 2.45) is 11.1 Å². The lowest BCUT2D eigenvalue weighted by atomic mass is 10.0. The van der Waals surface area contributed by atoms with Crippen LogP contribution in [0.15, 0.2) is 82.4 Å². The Morgan fingerprint density at radius 2 is 1.73 bits per heavy atom. The lowest BCUT2D eigenvalue weighted by Crippen LogP contribution is -2.06. The summed E-state index contributed by atoms with van der Waals surface area (Å²) in [5.41, 5.74) is 4.04. The molecule has 0 N–H and O–H groups in total. The van der Waals surface area contributed by atoms with Gasteiger partial charge < -0.3 is 4.84 Å². The maximum Gasteiger partial charge on any atom is 0.269 e. The molecule has 30 heavy (non-hydrogen) atoms. The van der Waals surface area contributed by atoms with Gasteiger partial charge in [0.1, 0.15) is 6.61 Å². The fourth-order valence-corrected chi connectivity index (χ4v) is 3.81. The van der Waals surface area contributed by atoms with E-state index in [1.54, 1.807) is 12.1 Å². The van der Waals surface area contributed by atoms with Gasteiger partial charge in [0.05, 0.1) is 10.6 Å². The number of nitro groups is 1. The van der Waals surface area contributed by atoms with Crippen LogP contribution >= 0.6 is 27.5 Å². The van der Waals surface area contributed by atoms with Gasteiger partial charge in [-0.3, -0.25) is 10.1 Å². The Morgan fingerprint density at radius 1 is 1.07 bits per heavy atom. The molecule has 3 aromatic rings. The Hall–Kier alpha value is -2.70. The zero-order valence-electron chi connectivity index (χ0n) is 15.9. The van der Waals surface area contributed by atoms with E-state index in [1.807, 2.05) is 36.4 Å². The highest BCUT2D eigenvalue weighted by Gasteiger charge is 2.43. The Balaban J connectivity index is 1.51. The van der Waals surface area contributed by atoms with Crippen molar-refractivity contribution in [3.63, 3.8) is 0 Å². The van der Waals surface area contributed by atoms with Crippen LogP contribution in [0.3, 0.4) is 0 Å². The van der Waals surface area contributed by atoms with Crippen LogP contribution in [-0.2, 0) is 11.4 Å². The molecule has 0 spiro atoms. The zero-order chi connectivity index (χ0) is 21.1. The maximum atomic E-state index is 10.8. The summed E-state index contributed by atoms with van der Waals surface area (Å²) in [7, 11) is 0. The molecule has 0 saturated heterocycles. The maximum absolute atomic E-state index is 10.8. The fraction of sp³-hybridized carbons (Fsp3) is 0.174. The molecular weight excluding hydrogens is 468 g/mol. The van der Waals surface area contributed by atoms with Gasteiger partial charge in [-0.05, 0) is 65.4 Å². The molecule has 0 bridgehead atoms. The molecule has 152 valence electrons. The second-order valence-electron chi connectivity index (χ2n) is 7.18. The molecule has 0 aromatic heterocycles. The van der Waals surface area contributed by atoms with Gasteiger partial charge in [0, 0.05) is 27.5 Å². The van der Waals surface area contributed by atoms with Crippen LogP contribution in [0.4, 0.5) is 5.69 Å². The van der Waals surface area contributed by atoms with E-state index in [2.05, 4.69) is 33.2 Å². The van der Waals surface area contributed by atoms with Crippen LogP contribution < -0.4 is 0 Å². The van der Waals surface area contributed by atoms with Crippen molar-refractivity contribution in [3.8, 4) is 0 Å². The smallest absolute Gasteiger partial charge is 0.269 e. The molecule has 2 unspecified atom stereocenters. The fourth-order valence-electron chi connectivity index (χ4n) is 3.42. The van der Waals surface area contributed by atoms with Crippen LogP contribution in [0, 0.1) is 16.0 Å². The molecule has 0 heterocycles. The number of benzene rings is 3. The van der Waals surface area contributed by atoms with E-state index in [4.69, 9.17) is 16.4 Å². The first-order chi connectivity index (χ1) is 14.5. The van der Waals surface area contributed by atoms with Crippen molar-refractivity contribution in [1.82, 2.24) is 0 Å². The normalized spacial score (nSPS) is 18.1. The molecule has 0 amide bonds. The Kier molecular flexibility index (Phi) is 6.16. The minimum absolute atomic E-state index is 0.0570. The predicted molar refractivity (Wildman–Crippen MR) is 121 cm³/mol. The number of hydrogen-bond donors (Lipinski definition) is 0. The molecule has 0 aliphatic heterocycles. The van der Waals surface area contributed by atoms with E-state index in [9.17, 15) is 10.1 Å². The number of rotatable bonds is 7. The number of nitrogens with zero attached hydrogens (tertiary/aromatic N) is 2. The number of hydrogen-bond acceptors (Lipinski definition) is 4. The third kappa shape index (κ3) is 4.89. The van der Waals surface area contributed by atoms with Crippen LogP contribution in [0.1, 0.15) is 29.0 Å². The minimum Gasteiger partial charge on any atom is -0.391 e. The summed E-state index contributed by atoms with van der Waals surface area (Å²) in [6, 6.07) is 22.3. The lowest BCUT2D eigenvalue weighted by molar-refractivity contribution is -0.384. The van der Waals surface area contributed by atoms with Gasteiger partial charge in [-0.15, -0.1) is 0 Å². The average molecular weight is 486 g/mol. The molecule has 2 atom stereocenters. The minimum atomic E-state index is -0.418. The summed E-state index contributed by atoms with van der Waals surface area (Å²) in [6.07, 6.45) is 0.997. The number of oxime groups is 1. The lowest BCUT2D eigenvalue weighted by Gasteiger charge is -2.08. The summed E-state index contributed by atoms with van der Waals surface area (Å²) >= 11 is 9.48. The van der Waals surface area contributed by atoms with Crippen molar-refractivity contribution in [2.75, 3.05) is 0 Å². The first-order valence-corrected chi connectivity index (χ1v) is 10.6.